The number of methoxy groups -OCH3 is 1. The second-order valence-corrected chi connectivity index (χ2v) is 6.30. The van der Waals surface area contributed by atoms with Crippen LogP contribution in [0.15, 0.2) is 42.5 Å². The summed E-state index contributed by atoms with van der Waals surface area (Å²) in [6, 6.07) is 10.4. The summed E-state index contributed by atoms with van der Waals surface area (Å²) in [6.07, 6.45) is -4.59. The van der Waals surface area contributed by atoms with E-state index in [1.807, 2.05) is 4.57 Å². The Balaban J connectivity index is 2.12. The number of fused-ring (bicyclic) bond motifs is 1. The molecule has 0 bridgehead atoms. The van der Waals surface area contributed by atoms with Crippen molar-refractivity contribution >= 4 is 16.9 Å². The van der Waals surface area contributed by atoms with Crippen molar-refractivity contribution in [1.29, 1.82) is 0 Å². The van der Waals surface area contributed by atoms with E-state index in [0.717, 1.165) is 23.0 Å². The van der Waals surface area contributed by atoms with Crippen LogP contribution in [0.1, 0.15) is 22.4 Å². The van der Waals surface area contributed by atoms with E-state index in [0.29, 0.717) is 22.6 Å². The van der Waals surface area contributed by atoms with E-state index in [4.69, 9.17) is 4.74 Å². The van der Waals surface area contributed by atoms with Gasteiger partial charge in [-0.15, -0.1) is 0 Å². The molecule has 0 aliphatic carbocycles. The van der Waals surface area contributed by atoms with Crippen LogP contribution < -0.4 is 4.74 Å². The highest BCUT2D eigenvalue weighted by atomic mass is 19.4. The van der Waals surface area contributed by atoms with Crippen molar-refractivity contribution in [1.82, 2.24) is 4.57 Å². The second-order valence-electron chi connectivity index (χ2n) is 6.30. The summed E-state index contributed by atoms with van der Waals surface area (Å²) in [4.78, 5) is 11.3. The molecule has 0 radical (unpaired) electrons. The van der Waals surface area contributed by atoms with Gasteiger partial charge in [-0.2, -0.15) is 13.2 Å². The van der Waals surface area contributed by atoms with Crippen molar-refractivity contribution in [3.63, 3.8) is 0 Å². The minimum absolute atomic E-state index is 0.176. The normalized spacial score (nSPS) is 11.7. The Bertz CT molecular complexity index is 1010. The maximum atomic E-state index is 13.0. The average molecular weight is 377 g/mol. The number of carboxylic acids is 1. The Hall–Kier alpha value is -2.96. The van der Waals surface area contributed by atoms with Crippen LogP contribution in [0.5, 0.6) is 5.75 Å². The zero-order valence-electron chi connectivity index (χ0n) is 14.8. The van der Waals surface area contributed by atoms with Gasteiger partial charge in [0.1, 0.15) is 5.75 Å². The minimum Gasteiger partial charge on any atom is -0.497 e. The van der Waals surface area contributed by atoms with Crippen molar-refractivity contribution in [3.05, 3.63) is 64.8 Å². The van der Waals surface area contributed by atoms with Gasteiger partial charge in [-0.3, -0.25) is 4.79 Å². The Kier molecular flexibility index (Phi) is 4.87. The topological polar surface area (TPSA) is 51.5 Å². The molecule has 27 heavy (non-hydrogen) atoms. The Morgan fingerprint density at radius 2 is 1.93 bits per heavy atom. The number of alkyl halides is 3. The predicted molar refractivity (Wildman–Crippen MR) is 95.1 cm³/mol. The zero-order chi connectivity index (χ0) is 19.8. The quantitative estimate of drug-likeness (QED) is 0.704. The number of rotatable bonds is 5. The molecular formula is C20H18F3NO3. The van der Waals surface area contributed by atoms with Crippen LogP contribution in [-0.4, -0.2) is 22.8 Å². The summed E-state index contributed by atoms with van der Waals surface area (Å²) >= 11 is 0. The molecule has 1 heterocycles. The Labute approximate surface area is 153 Å². The number of aliphatic carboxylic acids is 1. The van der Waals surface area contributed by atoms with Crippen LogP contribution in [0.3, 0.4) is 0 Å². The summed E-state index contributed by atoms with van der Waals surface area (Å²) in [5, 5.41) is 9.96. The number of carboxylic acid groups (broad SMARTS) is 1. The maximum absolute atomic E-state index is 13.0. The first-order chi connectivity index (χ1) is 12.7. The summed E-state index contributed by atoms with van der Waals surface area (Å²) in [7, 11) is 1.52. The number of carbonyl (C=O) groups is 1. The number of aromatic nitrogens is 1. The smallest absolute Gasteiger partial charge is 0.416 e. The lowest BCUT2D eigenvalue weighted by Crippen LogP contribution is -2.08. The average Bonchev–Trinajstić information content (AvgIpc) is 2.86. The molecule has 0 amide bonds. The lowest BCUT2D eigenvalue weighted by molar-refractivity contribution is -0.138. The van der Waals surface area contributed by atoms with Crippen LogP contribution in [0.4, 0.5) is 13.2 Å². The van der Waals surface area contributed by atoms with Gasteiger partial charge in [0.15, 0.2) is 0 Å². The first kappa shape index (κ1) is 18.8. The lowest BCUT2D eigenvalue weighted by Gasteiger charge is -2.12. The van der Waals surface area contributed by atoms with E-state index < -0.39 is 17.7 Å². The number of hydrogen-bond acceptors (Lipinski definition) is 2. The molecule has 0 saturated carbocycles. The van der Waals surface area contributed by atoms with Crippen molar-refractivity contribution < 1.29 is 27.8 Å². The second kappa shape index (κ2) is 6.98. The molecule has 1 aromatic heterocycles. The maximum Gasteiger partial charge on any atom is 0.416 e. The molecule has 0 aliphatic rings. The Morgan fingerprint density at radius 3 is 2.56 bits per heavy atom. The van der Waals surface area contributed by atoms with Crippen molar-refractivity contribution in [2.24, 2.45) is 0 Å². The van der Waals surface area contributed by atoms with E-state index in [1.54, 1.807) is 31.2 Å². The fraction of sp³-hybridized carbons (Fsp3) is 0.250. The molecule has 2 aromatic carbocycles. The number of hydrogen-bond donors (Lipinski definition) is 1. The zero-order valence-corrected chi connectivity index (χ0v) is 14.8. The highest BCUT2D eigenvalue weighted by molar-refractivity contribution is 5.90. The van der Waals surface area contributed by atoms with Gasteiger partial charge in [0.25, 0.3) is 0 Å². The largest absolute Gasteiger partial charge is 0.497 e. The van der Waals surface area contributed by atoms with Gasteiger partial charge in [-0.1, -0.05) is 12.1 Å². The van der Waals surface area contributed by atoms with Gasteiger partial charge in [-0.05, 0) is 48.4 Å². The molecule has 0 spiro atoms. The molecule has 1 N–H and O–H groups in total. The van der Waals surface area contributed by atoms with Crippen LogP contribution in [-0.2, 0) is 23.9 Å². The highest BCUT2D eigenvalue weighted by Gasteiger charge is 2.30. The molecule has 7 heteroatoms. The molecule has 0 fully saturated rings. The molecule has 142 valence electrons. The van der Waals surface area contributed by atoms with Crippen LogP contribution in [0, 0.1) is 6.92 Å². The van der Waals surface area contributed by atoms with Crippen LogP contribution >= 0.6 is 0 Å². The van der Waals surface area contributed by atoms with E-state index >= 15 is 0 Å². The van der Waals surface area contributed by atoms with Gasteiger partial charge < -0.3 is 14.4 Å². The fourth-order valence-electron chi connectivity index (χ4n) is 3.26. The van der Waals surface area contributed by atoms with Gasteiger partial charge in [0.05, 0.1) is 19.1 Å². The third kappa shape index (κ3) is 3.77. The fourth-order valence-corrected chi connectivity index (χ4v) is 3.26. The number of benzene rings is 2. The third-order valence-corrected chi connectivity index (χ3v) is 4.58. The van der Waals surface area contributed by atoms with E-state index in [-0.39, 0.29) is 13.0 Å². The molecule has 0 aliphatic heterocycles. The minimum atomic E-state index is -4.41. The molecule has 0 unspecified atom stereocenters. The number of halogens is 3. The SMILES string of the molecule is COc1ccc2c(c1)c(CC(=O)O)c(C)n2Cc1cccc(C(F)(F)F)c1. The van der Waals surface area contributed by atoms with Gasteiger partial charge in [-0.25, -0.2) is 0 Å². The predicted octanol–water partition coefficient (Wildman–Crippen LogP) is 4.65. The highest BCUT2D eigenvalue weighted by Crippen LogP contribution is 2.32. The molecule has 3 rings (SSSR count). The van der Waals surface area contributed by atoms with Crippen molar-refractivity contribution in [2.45, 2.75) is 26.1 Å². The Morgan fingerprint density at radius 1 is 1.19 bits per heavy atom. The molecule has 0 atom stereocenters. The molecule has 4 nitrogen and oxygen atoms in total. The number of nitrogens with zero attached hydrogens (tertiary/aromatic N) is 1. The monoisotopic (exact) mass is 377 g/mol. The summed E-state index contributed by atoms with van der Waals surface area (Å²) in [6.45, 7) is 1.98. The lowest BCUT2D eigenvalue weighted by atomic mass is 10.1. The van der Waals surface area contributed by atoms with E-state index in [2.05, 4.69) is 0 Å². The summed E-state index contributed by atoms with van der Waals surface area (Å²) in [5.74, 6) is -0.385. The van der Waals surface area contributed by atoms with Crippen molar-refractivity contribution in [3.8, 4) is 5.75 Å². The first-order valence-electron chi connectivity index (χ1n) is 8.24. The standard InChI is InChI=1S/C20H18F3NO3/c1-12-16(10-19(25)26)17-9-15(27-2)6-7-18(17)24(12)11-13-4-3-5-14(8-13)20(21,22)23/h3-9H,10-11H2,1-2H3,(H,25,26). The molecule has 0 saturated heterocycles. The molecule has 3 aromatic rings. The van der Waals surface area contributed by atoms with Crippen LogP contribution in [0.25, 0.3) is 10.9 Å². The van der Waals surface area contributed by atoms with Crippen LogP contribution in [0.2, 0.25) is 0 Å². The van der Waals surface area contributed by atoms with Gasteiger partial charge in [0.2, 0.25) is 0 Å². The van der Waals surface area contributed by atoms with Gasteiger partial charge in [0, 0.05) is 23.1 Å². The molecular weight excluding hydrogens is 359 g/mol. The van der Waals surface area contributed by atoms with Crippen molar-refractivity contribution in [2.75, 3.05) is 7.11 Å². The summed E-state index contributed by atoms with van der Waals surface area (Å²) < 4.78 is 46.0. The summed E-state index contributed by atoms with van der Waals surface area (Å²) in [5.41, 5.74) is 1.87. The van der Waals surface area contributed by atoms with Gasteiger partial charge >= 0.3 is 12.1 Å². The first-order valence-corrected chi connectivity index (χ1v) is 8.24. The van der Waals surface area contributed by atoms with E-state index in [1.165, 1.54) is 13.2 Å². The van der Waals surface area contributed by atoms with E-state index in [9.17, 15) is 23.1 Å². The third-order valence-electron chi connectivity index (χ3n) is 4.58. The number of ether oxygens (including phenoxy) is 1.